The van der Waals surface area contributed by atoms with Crippen molar-refractivity contribution in [3.63, 3.8) is 0 Å². The second kappa shape index (κ2) is 6.49. The van der Waals surface area contributed by atoms with E-state index in [-0.39, 0.29) is 6.61 Å². The van der Waals surface area contributed by atoms with Gasteiger partial charge in [0.05, 0.1) is 8.95 Å². The van der Waals surface area contributed by atoms with Gasteiger partial charge in [0.2, 0.25) is 5.89 Å². The first-order valence-corrected chi connectivity index (χ1v) is 7.28. The minimum atomic E-state index is 0.230. The highest BCUT2D eigenvalue weighted by atomic mass is 79.9. The van der Waals surface area contributed by atoms with Crippen molar-refractivity contribution in [2.75, 3.05) is 6.54 Å². The molecule has 2 N–H and O–H groups in total. The maximum absolute atomic E-state index is 5.68. The summed E-state index contributed by atoms with van der Waals surface area (Å²) in [6.45, 7) is 2.58. The number of hydrogen-bond acceptors (Lipinski definition) is 5. The van der Waals surface area contributed by atoms with Crippen LogP contribution in [0.5, 0.6) is 5.75 Å². The number of benzene rings is 1. The molecule has 0 fully saturated rings. The number of halogens is 2. The number of nitrogens with zero attached hydrogens (tertiary/aromatic N) is 2. The van der Waals surface area contributed by atoms with Crippen LogP contribution in [-0.4, -0.2) is 16.7 Å². The van der Waals surface area contributed by atoms with E-state index in [2.05, 4.69) is 42.1 Å². The van der Waals surface area contributed by atoms with E-state index < -0.39 is 0 Å². The molecule has 19 heavy (non-hydrogen) atoms. The molecule has 0 aliphatic carbocycles. The normalized spacial score (nSPS) is 10.7. The lowest BCUT2D eigenvalue weighted by atomic mass is 10.1. The molecule has 5 nitrogen and oxygen atoms in total. The van der Waals surface area contributed by atoms with Crippen LogP contribution in [0.15, 0.2) is 25.5 Å². The number of aryl methyl sites for hydroxylation is 1. The fraction of sp³-hybridized carbons (Fsp3) is 0.333. The first kappa shape index (κ1) is 14.5. The molecule has 0 saturated carbocycles. The third kappa shape index (κ3) is 3.77. The molecular weight excluding hydrogens is 378 g/mol. The van der Waals surface area contributed by atoms with E-state index in [1.54, 1.807) is 6.92 Å². The number of hydrogen-bond donors (Lipinski definition) is 1. The Labute approximate surface area is 127 Å². The Hall–Kier alpha value is -0.920. The van der Waals surface area contributed by atoms with Crippen molar-refractivity contribution < 1.29 is 9.15 Å². The Kier molecular flexibility index (Phi) is 4.95. The molecule has 0 aliphatic heterocycles. The summed E-state index contributed by atoms with van der Waals surface area (Å²) in [7, 11) is 0. The highest BCUT2D eigenvalue weighted by Gasteiger charge is 2.11. The van der Waals surface area contributed by atoms with Gasteiger partial charge in [-0.3, -0.25) is 0 Å². The number of nitrogens with two attached hydrogens (primary N) is 1. The Balaban J connectivity index is 2.11. The van der Waals surface area contributed by atoms with E-state index >= 15 is 0 Å². The van der Waals surface area contributed by atoms with Crippen LogP contribution in [0, 0.1) is 6.92 Å². The van der Waals surface area contributed by atoms with Gasteiger partial charge in [-0.25, -0.2) is 0 Å². The van der Waals surface area contributed by atoms with E-state index in [1.165, 1.54) is 0 Å². The second-order valence-electron chi connectivity index (χ2n) is 3.93. The van der Waals surface area contributed by atoms with Crippen LogP contribution in [0.4, 0.5) is 0 Å². The molecule has 1 aromatic carbocycles. The molecule has 0 spiro atoms. The standard InChI is InChI=1S/C12H13Br2N3O2/c1-7-16-17-11(19-7)6-18-12-9(13)4-8(2-3-15)5-10(12)14/h4-5H,2-3,6,15H2,1H3. The zero-order chi connectivity index (χ0) is 13.8. The topological polar surface area (TPSA) is 74.2 Å². The quantitative estimate of drug-likeness (QED) is 0.849. The average molecular weight is 391 g/mol. The van der Waals surface area contributed by atoms with Gasteiger partial charge < -0.3 is 14.9 Å². The van der Waals surface area contributed by atoms with Crippen molar-refractivity contribution in [2.24, 2.45) is 5.73 Å². The van der Waals surface area contributed by atoms with Crippen molar-refractivity contribution in [3.8, 4) is 5.75 Å². The molecule has 0 radical (unpaired) electrons. The number of rotatable bonds is 5. The van der Waals surface area contributed by atoms with Crippen molar-refractivity contribution >= 4 is 31.9 Å². The zero-order valence-corrected chi connectivity index (χ0v) is 13.5. The molecule has 0 aliphatic rings. The van der Waals surface area contributed by atoms with Crippen molar-refractivity contribution in [1.29, 1.82) is 0 Å². The second-order valence-corrected chi connectivity index (χ2v) is 5.64. The van der Waals surface area contributed by atoms with Crippen LogP contribution in [0.25, 0.3) is 0 Å². The summed E-state index contributed by atoms with van der Waals surface area (Å²) in [5, 5.41) is 7.63. The number of aromatic nitrogens is 2. The van der Waals surface area contributed by atoms with E-state index in [4.69, 9.17) is 14.9 Å². The molecule has 7 heteroatoms. The smallest absolute Gasteiger partial charge is 0.253 e. The number of ether oxygens (including phenoxy) is 1. The summed E-state index contributed by atoms with van der Waals surface area (Å²) >= 11 is 6.97. The minimum absolute atomic E-state index is 0.230. The molecule has 0 atom stereocenters. The van der Waals surface area contributed by atoms with Gasteiger partial charge in [0, 0.05) is 6.92 Å². The molecular formula is C12H13Br2N3O2. The molecule has 0 saturated heterocycles. The average Bonchev–Trinajstić information content (AvgIpc) is 2.74. The summed E-state index contributed by atoms with van der Waals surface area (Å²) in [5.41, 5.74) is 6.69. The molecule has 0 bridgehead atoms. The highest BCUT2D eigenvalue weighted by Crippen LogP contribution is 2.35. The van der Waals surface area contributed by atoms with E-state index in [1.807, 2.05) is 12.1 Å². The van der Waals surface area contributed by atoms with Crippen molar-refractivity contribution in [3.05, 3.63) is 38.4 Å². The third-order valence-electron chi connectivity index (χ3n) is 2.40. The van der Waals surface area contributed by atoms with E-state index in [0.717, 1.165) is 20.9 Å². The summed E-state index contributed by atoms with van der Waals surface area (Å²) < 4.78 is 12.7. The summed E-state index contributed by atoms with van der Waals surface area (Å²) in [6, 6.07) is 3.98. The molecule has 102 valence electrons. The van der Waals surface area contributed by atoms with E-state index in [9.17, 15) is 0 Å². The first-order valence-electron chi connectivity index (χ1n) is 5.70. The van der Waals surface area contributed by atoms with Crippen molar-refractivity contribution in [1.82, 2.24) is 10.2 Å². The fourth-order valence-electron chi connectivity index (χ4n) is 1.59. The maximum Gasteiger partial charge on any atom is 0.253 e. The Morgan fingerprint density at radius 1 is 1.26 bits per heavy atom. The van der Waals surface area contributed by atoms with Gasteiger partial charge in [-0.05, 0) is 62.5 Å². The summed E-state index contributed by atoms with van der Waals surface area (Å²) in [6.07, 6.45) is 0.820. The molecule has 0 unspecified atom stereocenters. The van der Waals surface area contributed by atoms with Crippen LogP contribution in [-0.2, 0) is 13.0 Å². The Morgan fingerprint density at radius 3 is 2.47 bits per heavy atom. The Bertz CT molecular complexity index is 549. The van der Waals surface area contributed by atoms with Gasteiger partial charge in [0.1, 0.15) is 5.75 Å². The summed E-state index contributed by atoms with van der Waals surface area (Å²) in [5.74, 6) is 1.67. The van der Waals surface area contributed by atoms with Gasteiger partial charge in [0.15, 0.2) is 6.61 Å². The molecule has 2 rings (SSSR count). The first-order chi connectivity index (χ1) is 9.10. The van der Waals surface area contributed by atoms with Crippen molar-refractivity contribution in [2.45, 2.75) is 20.0 Å². The van der Waals surface area contributed by atoms with Gasteiger partial charge in [-0.1, -0.05) is 0 Å². The van der Waals surface area contributed by atoms with Gasteiger partial charge >= 0.3 is 0 Å². The molecule has 2 aromatic rings. The van der Waals surface area contributed by atoms with Crippen LogP contribution < -0.4 is 10.5 Å². The van der Waals surface area contributed by atoms with Crippen LogP contribution in [0.1, 0.15) is 17.3 Å². The lowest BCUT2D eigenvalue weighted by molar-refractivity contribution is 0.257. The van der Waals surface area contributed by atoms with Gasteiger partial charge in [-0.2, -0.15) is 0 Å². The predicted molar refractivity (Wildman–Crippen MR) is 78.0 cm³/mol. The fourth-order valence-corrected chi connectivity index (χ4v) is 3.10. The van der Waals surface area contributed by atoms with Gasteiger partial charge in [0.25, 0.3) is 5.89 Å². The lowest BCUT2D eigenvalue weighted by Crippen LogP contribution is -2.03. The summed E-state index contributed by atoms with van der Waals surface area (Å²) in [4.78, 5) is 0. The zero-order valence-electron chi connectivity index (χ0n) is 10.3. The molecule has 1 heterocycles. The monoisotopic (exact) mass is 389 g/mol. The van der Waals surface area contributed by atoms with Crippen LogP contribution >= 0.6 is 31.9 Å². The van der Waals surface area contributed by atoms with Crippen LogP contribution in [0.3, 0.4) is 0 Å². The maximum atomic E-state index is 5.68. The minimum Gasteiger partial charge on any atom is -0.481 e. The predicted octanol–water partition coefficient (Wildman–Crippen LogP) is 2.98. The van der Waals surface area contributed by atoms with Crippen LogP contribution in [0.2, 0.25) is 0 Å². The Morgan fingerprint density at radius 2 is 1.95 bits per heavy atom. The highest BCUT2D eigenvalue weighted by molar-refractivity contribution is 9.11. The SMILES string of the molecule is Cc1nnc(COc2c(Br)cc(CCN)cc2Br)o1. The molecule has 0 amide bonds. The largest absolute Gasteiger partial charge is 0.481 e. The molecule has 1 aromatic heterocycles. The lowest BCUT2D eigenvalue weighted by Gasteiger charge is -2.10. The van der Waals surface area contributed by atoms with Gasteiger partial charge in [-0.15, -0.1) is 10.2 Å². The third-order valence-corrected chi connectivity index (χ3v) is 3.58. The van der Waals surface area contributed by atoms with E-state index in [0.29, 0.717) is 24.1 Å².